The largest absolute Gasteiger partial charge is 0.465 e. The summed E-state index contributed by atoms with van der Waals surface area (Å²) < 4.78 is 11.9. The lowest BCUT2D eigenvalue weighted by molar-refractivity contribution is 0.0592. The van der Waals surface area contributed by atoms with Gasteiger partial charge in [0.15, 0.2) is 0 Å². The van der Waals surface area contributed by atoms with Gasteiger partial charge < -0.3 is 25.1 Å². The fourth-order valence-electron chi connectivity index (χ4n) is 6.37. The zero-order valence-corrected chi connectivity index (χ0v) is 26.7. The number of nitrogens with two attached hydrogens (primary N) is 1. The van der Waals surface area contributed by atoms with Gasteiger partial charge in [-0.1, -0.05) is 59.3 Å². The predicted molar refractivity (Wildman–Crippen MR) is 174 cm³/mol. The Kier molecular flexibility index (Phi) is 11.1. The second-order valence-corrected chi connectivity index (χ2v) is 13.2. The minimum Gasteiger partial charge on any atom is -0.465 e. The number of imidazole rings is 1. The molecule has 2 fully saturated rings. The number of carbonyl (C=O) groups excluding carboxylic acids is 2. The van der Waals surface area contributed by atoms with E-state index in [-0.39, 0.29) is 17.4 Å². The summed E-state index contributed by atoms with van der Waals surface area (Å²) in [5.41, 5.74) is 10.5. The zero-order valence-electron chi connectivity index (χ0n) is 26.7. The highest BCUT2D eigenvalue weighted by Gasteiger charge is 2.26. The first-order chi connectivity index (χ1) is 20.6. The van der Waals surface area contributed by atoms with Crippen LogP contribution >= 0.6 is 0 Å². The Bertz CT molecular complexity index is 1380. The lowest BCUT2D eigenvalue weighted by atomic mass is 9.88. The molecule has 0 radical (unpaired) electrons. The van der Waals surface area contributed by atoms with Crippen LogP contribution in [0.1, 0.15) is 112 Å². The van der Waals surface area contributed by atoms with E-state index in [1.165, 1.54) is 78.4 Å². The fraction of sp³-hybridized carbons (Fsp3) is 0.571. The van der Waals surface area contributed by atoms with Gasteiger partial charge in [0.1, 0.15) is 5.82 Å². The molecule has 2 aromatic carbocycles. The molecule has 234 valence electrons. The van der Waals surface area contributed by atoms with E-state index in [0.717, 1.165) is 47.5 Å². The molecule has 3 aromatic rings. The third kappa shape index (κ3) is 8.52. The molecule has 1 heterocycles. The van der Waals surface area contributed by atoms with E-state index < -0.39 is 0 Å². The van der Waals surface area contributed by atoms with E-state index in [9.17, 15) is 9.59 Å². The number of carbonyl (C=O) groups is 2. The Morgan fingerprint density at radius 1 is 0.860 bits per heavy atom. The molecule has 0 amide bonds. The van der Waals surface area contributed by atoms with Crippen molar-refractivity contribution in [2.24, 2.45) is 11.8 Å². The number of esters is 2. The first-order valence-corrected chi connectivity index (χ1v) is 15.9. The number of ether oxygens (including phenoxy) is 2. The van der Waals surface area contributed by atoms with Crippen LogP contribution in [0.3, 0.4) is 0 Å². The number of hydrogen-bond acceptors (Lipinski definition) is 7. The fourth-order valence-corrected chi connectivity index (χ4v) is 6.37. The maximum Gasteiger partial charge on any atom is 0.337 e. The second kappa shape index (κ2) is 14.8. The maximum absolute atomic E-state index is 11.8. The van der Waals surface area contributed by atoms with E-state index in [1.807, 2.05) is 24.3 Å². The van der Waals surface area contributed by atoms with Gasteiger partial charge >= 0.3 is 11.9 Å². The molecule has 0 spiro atoms. The summed E-state index contributed by atoms with van der Waals surface area (Å²) in [6.45, 7) is 8.59. The molecule has 0 aliphatic heterocycles. The van der Waals surface area contributed by atoms with Gasteiger partial charge in [0, 0.05) is 18.5 Å². The van der Waals surface area contributed by atoms with Crippen molar-refractivity contribution in [3.63, 3.8) is 0 Å². The highest BCUT2D eigenvalue weighted by Crippen LogP contribution is 2.32. The molecular weight excluding hydrogens is 540 g/mol. The summed E-state index contributed by atoms with van der Waals surface area (Å²) in [5, 5.41) is 3.39. The number of fused-ring (bicyclic) bond motifs is 1. The molecule has 0 unspecified atom stereocenters. The summed E-state index contributed by atoms with van der Waals surface area (Å²) in [6.07, 6.45) is 13.3. The summed E-state index contributed by atoms with van der Waals surface area (Å²) >= 11 is 0. The number of benzene rings is 2. The van der Waals surface area contributed by atoms with Crippen molar-refractivity contribution >= 4 is 34.3 Å². The van der Waals surface area contributed by atoms with Crippen LogP contribution in [0.15, 0.2) is 36.4 Å². The van der Waals surface area contributed by atoms with Gasteiger partial charge in [-0.05, 0) is 73.9 Å². The van der Waals surface area contributed by atoms with Gasteiger partial charge in [-0.2, -0.15) is 0 Å². The number of nitrogens with one attached hydrogen (secondary N) is 1. The molecule has 1 aromatic heterocycles. The van der Waals surface area contributed by atoms with Crippen molar-refractivity contribution in [3.05, 3.63) is 53.3 Å². The minimum atomic E-state index is -0.356. The van der Waals surface area contributed by atoms with Gasteiger partial charge in [-0.15, -0.1) is 0 Å². The molecule has 2 saturated carbocycles. The van der Waals surface area contributed by atoms with Crippen LogP contribution in [0.25, 0.3) is 11.0 Å². The van der Waals surface area contributed by atoms with Gasteiger partial charge in [0.25, 0.3) is 0 Å². The van der Waals surface area contributed by atoms with Crippen LogP contribution < -0.4 is 11.1 Å². The average Bonchev–Trinajstić information content (AvgIpc) is 3.39. The van der Waals surface area contributed by atoms with Crippen molar-refractivity contribution in [1.29, 1.82) is 0 Å². The lowest BCUT2D eigenvalue weighted by Crippen LogP contribution is -2.22. The van der Waals surface area contributed by atoms with E-state index >= 15 is 0 Å². The first kappa shape index (κ1) is 32.4. The van der Waals surface area contributed by atoms with Crippen molar-refractivity contribution in [2.75, 3.05) is 31.8 Å². The monoisotopic (exact) mass is 590 g/mol. The van der Waals surface area contributed by atoms with E-state index in [4.69, 9.17) is 15.5 Å². The molecule has 0 bridgehead atoms. The quantitative estimate of drug-likeness (QED) is 0.214. The van der Waals surface area contributed by atoms with Gasteiger partial charge in [-0.25, -0.2) is 14.6 Å². The normalized spacial score (nSPS) is 16.3. The summed E-state index contributed by atoms with van der Waals surface area (Å²) in [4.78, 5) is 28.1. The Balaban J connectivity index is 0.000000203. The number of methoxy groups -OCH3 is 2. The molecule has 2 aliphatic rings. The minimum absolute atomic E-state index is 0.0287. The van der Waals surface area contributed by atoms with Gasteiger partial charge in [0.2, 0.25) is 0 Å². The van der Waals surface area contributed by atoms with Gasteiger partial charge in [-0.3, -0.25) is 0 Å². The molecule has 5 rings (SSSR count). The van der Waals surface area contributed by atoms with Crippen LogP contribution in [0.5, 0.6) is 0 Å². The Hall–Kier alpha value is -3.55. The third-order valence-corrected chi connectivity index (χ3v) is 8.78. The maximum atomic E-state index is 11.8. The molecule has 43 heavy (non-hydrogen) atoms. The highest BCUT2D eigenvalue weighted by molar-refractivity contribution is 5.94. The number of nitrogens with zero attached hydrogens (tertiary/aromatic N) is 2. The Labute approximate surface area is 256 Å². The SMILES string of the molecule is COC(=O)c1ccc(NCC2CCCCC2)c(N)c1.COC(=O)c1ccc2c(c1)nc(C(C)(C)C)n2CC1CCCCC1. The van der Waals surface area contributed by atoms with Crippen LogP contribution in [-0.4, -0.2) is 42.3 Å². The number of hydrogen-bond donors (Lipinski definition) is 2. The van der Waals surface area contributed by atoms with Crippen molar-refractivity contribution in [2.45, 2.75) is 96.9 Å². The third-order valence-electron chi connectivity index (χ3n) is 8.78. The molecule has 0 saturated heterocycles. The van der Waals surface area contributed by atoms with Gasteiger partial charge in [0.05, 0.1) is 47.8 Å². The predicted octanol–water partition coefficient (Wildman–Crippen LogP) is 7.75. The zero-order chi connectivity index (χ0) is 31.0. The number of nitrogen functional groups attached to an aromatic ring is 1. The van der Waals surface area contributed by atoms with Crippen LogP contribution in [0.4, 0.5) is 11.4 Å². The first-order valence-electron chi connectivity index (χ1n) is 15.9. The molecule has 8 heteroatoms. The molecule has 0 atom stereocenters. The highest BCUT2D eigenvalue weighted by atomic mass is 16.5. The molecular formula is C35H50N4O4. The molecule has 8 nitrogen and oxygen atoms in total. The summed E-state index contributed by atoms with van der Waals surface area (Å²) in [5.74, 6) is 1.91. The number of rotatable bonds is 7. The summed E-state index contributed by atoms with van der Waals surface area (Å²) in [7, 11) is 2.78. The molecule has 2 aliphatic carbocycles. The second-order valence-electron chi connectivity index (χ2n) is 13.2. The topological polar surface area (TPSA) is 108 Å². The number of anilines is 2. The Morgan fingerprint density at radius 3 is 1.98 bits per heavy atom. The van der Waals surface area contributed by atoms with Crippen molar-refractivity contribution in [1.82, 2.24) is 9.55 Å². The molecule has 3 N–H and O–H groups in total. The van der Waals surface area contributed by atoms with Crippen molar-refractivity contribution in [3.8, 4) is 0 Å². The van der Waals surface area contributed by atoms with Crippen molar-refractivity contribution < 1.29 is 19.1 Å². The van der Waals surface area contributed by atoms with E-state index in [1.54, 1.807) is 12.1 Å². The smallest absolute Gasteiger partial charge is 0.337 e. The van der Waals surface area contributed by atoms with E-state index in [0.29, 0.717) is 16.8 Å². The Morgan fingerprint density at radius 2 is 1.42 bits per heavy atom. The standard InChI is InChI=1S/C20H28N2O2.C15H22N2O2/c1-20(2,3)19-21-16-12-15(18(23)24-4)10-11-17(16)22(19)13-14-8-6-5-7-9-14;1-19-15(18)12-7-8-14(13(16)9-12)17-10-11-5-3-2-4-6-11/h10-12,14H,5-9,13H2,1-4H3;7-9,11,17H,2-6,10,16H2,1H3. The van der Waals surface area contributed by atoms with Crippen LogP contribution in [0.2, 0.25) is 0 Å². The lowest BCUT2D eigenvalue weighted by Gasteiger charge is -2.26. The number of aromatic nitrogens is 2. The van der Waals surface area contributed by atoms with Crippen LogP contribution in [0, 0.1) is 11.8 Å². The average molecular weight is 591 g/mol. The summed E-state index contributed by atoms with van der Waals surface area (Å²) in [6, 6.07) is 11.0. The van der Waals surface area contributed by atoms with E-state index in [2.05, 4.69) is 35.4 Å². The van der Waals surface area contributed by atoms with Crippen LogP contribution in [-0.2, 0) is 21.4 Å².